The molecular weight excluding hydrogens is 154 g/mol. The smallest absolute Gasteiger partial charge is 0.181 e. The van der Waals surface area contributed by atoms with Gasteiger partial charge in [0.05, 0.1) is 12.3 Å². The lowest BCUT2D eigenvalue weighted by Gasteiger charge is -1.93. The average molecular weight is 163 g/mol. The molecule has 0 unspecified atom stereocenters. The summed E-state index contributed by atoms with van der Waals surface area (Å²) in [7, 11) is 1.66. The van der Waals surface area contributed by atoms with Crippen LogP contribution in [0.4, 0.5) is 0 Å². The number of nitrogens with zero attached hydrogens (tertiary/aromatic N) is 2. The van der Waals surface area contributed by atoms with Gasteiger partial charge >= 0.3 is 0 Å². The lowest BCUT2D eigenvalue weighted by molar-refractivity contribution is 0.182. The van der Waals surface area contributed by atoms with E-state index in [9.17, 15) is 0 Å². The maximum atomic E-state index is 5.00. The van der Waals surface area contributed by atoms with Crippen molar-refractivity contribution >= 4 is 11.0 Å². The highest BCUT2D eigenvalue weighted by molar-refractivity contribution is 5.77. The van der Waals surface area contributed by atoms with Crippen LogP contribution >= 0.6 is 0 Å². The first-order valence-electron chi connectivity index (χ1n) is 3.68. The molecule has 0 saturated heterocycles. The van der Waals surface area contributed by atoms with Crippen molar-refractivity contribution < 1.29 is 4.74 Å². The molecule has 0 spiro atoms. The van der Waals surface area contributed by atoms with Gasteiger partial charge in [-0.15, -0.1) is 0 Å². The van der Waals surface area contributed by atoms with Crippen LogP contribution in [-0.4, -0.2) is 22.3 Å². The molecule has 2 rings (SSSR count). The molecule has 0 bridgehead atoms. The number of H-pyrrole nitrogens is 1. The Balaban J connectivity index is 2.55. The SMILES string of the molecule is COCc1[nH]nc2ncccc12. The topological polar surface area (TPSA) is 50.8 Å². The normalized spacial score (nSPS) is 10.8. The summed E-state index contributed by atoms with van der Waals surface area (Å²) < 4.78 is 5.00. The number of aromatic nitrogens is 3. The van der Waals surface area contributed by atoms with Gasteiger partial charge in [0.15, 0.2) is 5.65 Å². The fourth-order valence-corrected chi connectivity index (χ4v) is 1.16. The van der Waals surface area contributed by atoms with Crippen LogP contribution in [0.5, 0.6) is 0 Å². The van der Waals surface area contributed by atoms with Crippen molar-refractivity contribution in [2.75, 3.05) is 7.11 Å². The summed E-state index contributed by atoms with van der Waals surface area (Å²) in [6.07, 6.45) is 1.72. The predicted octanol–water partition coefficient (Wildman–Crippen LogP) is 1.10. The second-order valence-electron chi connectivity index (χ2n) is 2.51. The number of methoxy groups -OCH3 is 1. The molecular formula is C8H9N3O. The third-order valence-electron chi connectivity index (χ3n) is 1.70. The van der Waals surface area contributed by atoms with E-state index in [1.165, 1.54) is 0 Å². The van der Waals surface area contributed by atoms with Gasteiger partial charge in [-0.25, -0.2) is 4.98 Å². The summed E-state index contributed by atoms with van der Waals surface area (Å²) >= 11 is 0. The van der Waals surface area contributed by atoms with Crippen molar-refractivity contribution in [3.63, 3.8) is 0 Å². The largest absolute Gasteiger partial charge is 0.378 e. The summed E-state index contributed by atoms with van der Waals surface area (Å²) in [5.74, 6) is 0. The van der Waals surface area contributed by atoms with E-state index < -0.39 is 0 Å². The highest BCUT2D eigenvalue weighted by atomic mass is 16.5. The minimum Gasteiger partial charge on any atom is -0.378 e. The Morgan fingerprint density at radius 1 is 1.58 bits per heavy atom. The zero-order chi connectivity index (χ0) is 8.39. The molecule has 0 aliphatic carbocycles. The molecule has 0 atom stereocenters. The van der Waals surface area contributed by atoms with E-state index in [1.54, 1.807) is 13.3 Å². The highest BCUT2D eigenvalue weighted by Gasteiger charge is 2.03. The van der Waals surface area contributed by atoms with Crippen molar-refractivity contribution in [3.8, 4) is 0 Å². The zero-order valence-corrected chi connectivity index (χ0v) is 6.74. The van der Waals surface area contributed by atoms with E-state index >= 15 is 0 Å². The van der Waals surface area contributed by atoms with Gasteiger partial charge < -0.3 is 4.74 Å². The number of pyridine rings is 1. The van der Waals surface area contributed by atoms with E-state index in [0.29, 0.717) is 6.61 Å². The molecule has 1 N–H and O–H groups in total. The van der Waals surface area contributed by atoms with Gasteiger partial charge in [0, 0.05) is 18.7 Å². The third kappa shape index (κ3) is 1.06. The molecule has 0 aliphatic heterocycles. The van der Waals surface area contributed by atoms with Crippen LogP contribution in [-0.2, 0) is 11.3 Å². The second-order valence-corrected chi connectivity index (χ2v) is 2.51. The Labute approximate surface area is 69.6 Å². The quantitative estimate of drug-likeness (QED) is 0.721. The maximum absolute atomic E-state index is 5.00. The van der Waals surface area contributed by atoms with Crippen LogP contribution in [0.25, 0.3) is 11.0 Å². The van der Waals surface area contributed by atoms with Gasteiger partial charge in [-0.05, 0) is 12.1 Å². The zero-order valence-electron chi connectivity index (χ0n) is 6.74. The molecule has 0 radical (unpaired) electrons. The Hall–Kier alpha value is -1.42. The average Bonchev–Trinajstić information content (AvgIpc) is 2.50. The van der Waals surface area contributed by atoms with E-state index in [1.807, 2.05) is 12.1 Å². The van der Waals surface area contributed by atoms with Crippen LogP contribution < -0.4 is 0 Å². The van der Waals surface area contributed by atoms with Crippen molar-refractivity contribution in [2.45, 2.75) is 6.61 Å². The Morgan fingerprint density at radius 3 is 3.33 bits per heavy atom. The first-order valence-corrected chi connectivity index (χ1v) is 3.68. The molecule has 2 aromatic heterocycles. The lowest BCUT2D eigenvalue weighted by atomic mass is 10.3. The Kier molecular flexibility index (Phi) is 1.75. The van der Waals surface area contributed by atoms with Gasteiger partial charge in [0.2, 0.25) is 0 Å². The fraction of sp³-hybridized carbons (Fsp3) is 0.250. The van der Waals surface area contributed by atoms with E-state index in [4.69, 9.17) is 4.74 Å². The Morgan fingerprint density at radius 2 is 2.50 bits per heavy atom. The van der Waals surface area contributed by atoms with E-state index in [-0.39, 0.29) is 0 Å². The molecule has 62 valence electrons. The van der Waals surface area contributed by atoms with Crippen molar-refractivity contribution in [1.29, 1.82) is 0 Å². The summed E-state index contributed by atoms with van der Waals surface area (Å²) in [5, 5.41) is 7.93. The minimum absolute atomic E-state index is 0.544. The van der Waals surface area contributed by atoms with Crippen molar-refractivity contribution in [2.24, 2.45) is 0 Å². The monoisotopic (exact) mass is 163 g/mol. The standard InChI is InChI=1S/C8H9N3O/c1-12-5-7-6-3-2-4-9-8(6)11-10-7/h2-4H,5H2,1H3,(H,9,10,11). The molecule has 12 heavy (non-hydrogen) atoms. The van der Waals surface area contributed by atoms with Crippen LogP contribution in [0.15, 0.2) is 18.3 Å². The summed E-state index contributed by atoms with van der Waals surface area (Å²) in [6, 6.07) is 3.86. The van der Waals surface area contributed by atoms with Gasteiger partial charge in [-0.3, -0.25) is 5.10 Å². The number of hydrogen-bond donors (Lipinski definition) is 1. The molecule has 4 nitrogen and oxygen atoms in total. The predicted molar refractivity (Wildman–Crippen MR) is 44.6 cm³/mol. The van der Waals surface area contributed by atoms with Crippen LogP contribution in [0, 0.1) is 0 Å². The summed E-state index contributed by atoms with van der Waals surface area (Å²) in [5.41, 5.74) is 1.71. The molecule has 2 heterocycles. The van der Waals surface area contributed by atoms with Gasteiger partial charge in [-0.1, -0.05) is 0 Å². The molecule has 2 aromatic rings. The van der Waals surface area contributed by atoms with Gasteiger partial charge in [-0.2, -0.15) is 5.10 Å². The number of fused-ring (bicyclic) bond motifs is 1. The van der Waals surface area contributed by atoms with Gasteiger partial charge in [0.25, 0.3) is 0 Å². The number of aromatic amines is 1. The minimum atomic E-state index is 0.544. The Bertz CT molecular complexity index is 382. The molecule has 4 heteroatoms. The molecule has 0 saturated carbocycles. The lowest BCUT2D eigenvalue weighted by Crippen LogP contribution is -1.87. The van der Waals surface area contributed by atoms with Crippen LogP contribution in [0.2, 0.25) is 0 Å². The fourth-order valence-electron chi connectivity index (χ4n) is 1.16. The molecule has 0 aromatic carbocycles. The third-order valence-corrected chi connectivity index (χ3v) is 1.70. The van der Waals surface area contributed by atoms with Crippen molar-refractivity contribution in [3.05, 3.63) is 24.0 Å². The molecule has 0 amide bonds. The second kappa shape index (κ2) is 2.91. The molecule has 0 aliphatic rings. The van der Waals surface area contributed by atoms with Crippen molar-refractivity contribution in [1.82, 2.24) is 15.2 Å². The summed E-state index contributed by atoms with van der Waals surface area (Å²) in [6.45, 7) is 0.544. The number of ether oxygens (including phenoxy) is 1. The molecule has 0 fully saturated rings. The van der Waals surface area contributed by atoms with Crippen LogP contribution in [0.1, 0.15) is 5.69 Å². The number of rotatable bonds is 2. The van der Waals surface area contributed by atoms with E-state index in [0.717, 1.165) is 16.7 Å². The maximum Gasteiger partial charge on any atom is 0.181 e. The first kappa shape index (κ1) is 7.24. The van der Waals surface area contributed by atoms with Gasteiger partial charge in [0.1, 0.15) is 0 Å². The first-order chi connectivity index (χ1) is 5.92. The number of nitrogens with one attached hydrogen (secondary N) is 1. The highest BCUT2D eigenvalue weighted by Crippen LogP contribution is 2.12. The summed E-state index contributed by atoms with van der Waals surface area (Å²) in [4.78, 5) is 4.09. The van der Waals surface area contributed by atoms with Crippen LogP contribution in [0.3, 0.4) is 0 Å². The number of hydrogen-bond acceptors (Lipinski definition) is 3. The van der Waals surface area contributed by atoms with E-state index in [2.05, 4.69) is 15.2 Å².